The van der Waals surface area contributed by atoms with E-state index in [9.17, 15) is 0 Å². The number of pyridine rings is 1. The molecule has 0 saturated heterocycles. The average Bonchev–Trinajstić information content (AvgIpc) is 3.97. The fourth-order valence-electron chi connectivity index (χ4n) is 11.0. The summed E-state index contributed by atoms with van der Waals surface area (Å²) in [5.41, 5.74) is 20.0. The maximum absolute atomic E-state index is 6.80. The summed E-state index contributed by atoms with van der Waals surface area (Å²) in [4.78, 5) is 4.89. The van der Waals surface area contributed by atoms with Crippen molar-refractivity contribution in [3.63, 3.8) is 0 Å². The molecule has 316 valence electrons. The summed E-state index contributed by atoms with van der Waals surface area (Å²) >= 11 is 0. The van der Waals surface area contributed by atoms with Crippen LogP contribution >= 0.6 is 0 Å². The Morgan fingerprint density at radius 2 is 1.23 bits per heavy atom. The second-order valence-electron chi connectivity index (χ2n) is 19.4. The molecule has 5 heteroatoms. The molecule has 0 unspecified atom stereocenters. The molecule has 0 atom stereocenters. The van der Waals surface area contributed by atoms with Gasteiger partial charge >= 0.3 is 0 Å². The van der Waals surface area contributed by atoms with Gasteiger partial charge in [-0.3, -0.25) is 13.7 Å². The molecular weight excluding hydrogens is 805 g/mol. The van der Waals surface area contributed by atoms with Gasteiger partial charge in [-0.05, 0) is 121 Å². The number of imidazole rings is 1. The Kier molecular flexibility index (Phi) is 8.15. The first-order chi connectivity index (χ1) is 32.1. The molecule has 0 bridgehead atoms. The van der Waals surface area contributed by atoms with Crippen molar-refractivity contribution in [3.8, 4) is 73.2 Å². The fraction of sp³-hybridized carbons (Fsp3) is 0.115. The van der Waals surface area contributed by atoms with E-state index in [1.165, 1.54) is 55.5 Å². The number of ether oxygens (including phenoxy) is 1. The van der Waals surface area contributed by atoms with Crippen molar-refractivity contribution < 1.29 is 9.30 Å². The van der Waals surface area contributed by atoms with Crippen LogP contribution in [0.4, 0.5) is 0 Å². The monoisotopic (exact) mass is 850 g/mol. The SMILES string of the molecule is CC(C)(C)c1ccnc(-n2c3ccccc3c3ccc(Oc4cccc(-n5[c-][n+]6c7c(cccc75)-c5ccccc5-c5c(ccc7c5-c5ccccc5C7(C)C)-c5ccccc5-6)c4)cc32)c1. The Morgan fingerprint density at radius 1 is 0.530 bits per heavy atom. The minimum Gasteiger partial charge on any atom is -0.458 e. The van der Waals surface area contributed by atoms with Crippen LogP contribution in [0.2, 0.25) is 0 Å². The van der Waals surface area contributed by atoms with E-state index in [0.717, 1.165) is 67.3 Å². The fourth-order valence-corrected chi connectivity index (χ4v) is 11.0. The van der Waals surface area contributed by atoms with Crippen LogP contribution in [0.25, 0.3) is 94.5 Å². The molecule has 5 nitrogen and oxygen atoms in total. The molecule has 0 amide bonds. The lowest BCUT2D eigenvalue weighted by molar-refractivity contribution is -0.571. The molecule has 11 aromatic rings. The Bertz CT molecular complexity index is 3820. The van der Waals surface area contributed by atoms with Crippen LogP contribution in [0.15, 0.2) is 188 Å². The minimum atomic E-state index is -0.125. The molecule has 66 heavy (non-hydrogen) atoms. The van der Waals surface area contributed by atoms with Crippen molar-refractivity contribution in [1.82, 2.24) is 14.1 Å². The summed E-state index contributed by atoms with van der Waals surface area (Å²) in [5.74, 6) is 2.37. The van der Waals surface area contributed by atoms with E-state index >= 15 is 0 Å². The molecule has 8 aromatic carbocycles. The largest absolute Gasteiger partial charge is 0.458 e. The van der Waals surface area contributed by atoms with E-state index in [-0.39, 0.29) is 10.8 Å². The molecule has 4 heterocycles. The molecule has 13 rings (SSSR count). The second-order valence-corrected chi connectivity index (χ2v) is 19.4. The highest BCUT2D eigenvalue weighted by Crippen LogP contribution is 2.56. The number of nitrogens with zero attached hydrogens (tertiary/aromatic N) is 4. The first-order valence-corrected chi connectivity index (χ1v) is 22.9. The predicted molar refractivity (Wildman–Crippen MR) is 268 cm³/mol. The number of para-hydroxylation sites is 3. The highest BCUT2D eigenvalue weighted by Gasteiger charge is 2.38. The van der Waals surface area contributed by atoms with Gasteiger partial charge in [-0.1, -0.05) is 156 Å². The Hall–Kier alpha value is -8.02. The van der Waals surface area contributed by atoms with Gasteiger partial charge in [0.1, 0.15) is 17.3 Å². The lowest BCUT2D eigenvalue weighted by atomic mass is 9.79. The normalized spacial score (nSPS) is 13.3. The molecule has 1 aliphatic heterocycles. The number of aromatic nitrogens is 4. The highest BCUT2D eigenvalue weighted by molar-refractivity contribution is 6.10. The van der Waals surface area contributed by atoms with Crippen LogP contribution in [0.5, 0.6) is 11.5 Å². The maximum atomic E-state index is 6.80. The summed E-state index contributed by atoms with van der Waals surface area (Å²) in [6.07, 6.45) is 5.80. The maximum Gasteiger partial charge on any atom is 0.269 e. The molecule has 2 aliphatic rings. The standard InChI is InChI=1S/C61H46N4O/c1-60(2,3)38-32-33-62-56(34-38)65-53-26-13-10-19-43(53)45-29-28-41(36-55(45)65)66-40-17-14-16-39(35-40)63-37-64-52-25-12-9-20-44(52)47-30-31-51-58(49-22-8-11-24-50(49)61(51,4)5)57(47)46-21-7-6-18-42(46)48-23-15-27-54(63)59(48)64/h6-36H,1-5H3. The molecule has 0 fully saturated rings. The van der Waals surface area contributed by atoms with Crippen LogP contribution < -0.4 is 9.30 Å². The van der Waals surface area contributed by atoms with Gasteiger partial charge in [0.25, 0.3) is 6.33 Å². The van der Waals surface area contributed by atoms with Crippen molar-refractivity contribution in [2.24, 2.45) is 0 Å². The highest BCUT2D eigenvalue weighted by atomic mass is 16.5. The number of hydrogen-bond acceptors (Lipinski definition) is 2. The van der Waals surface area contributed by atoms with Crippen LogP contribution in [0.3, 0.4) is 0 Å². The van der Waals surface area contributed by atoms with Crippen molar-refractivity contribution in [2.75, 3.05) is 0 Å². The topological polar surface area (TPSA) is 35.9 Å². The average molecular weight is 851 g/mol. The molecule has 1 aliphatic carbocycles. The number of rotatable bonds is 4. The zero-order chi connectivity index (χ0) is 44.5. The van der Waals surface area contributed by atoms with E-state index in [1.54, 1.807) is 0 Å². The third kappa shape index (κ3) is 5.59. The number of hydrogen-bond donors (Lipinski definition) is 0. The molecule has 3 aromatic heterocycles. The van der Waals surface area contributed by atoms with Gasteiger partial charge in [-0.2, -0.15) is 0 Å². The number of benzene rings is 8. The third-order valence-corrected chi connectivity index (χ3v) is 14.1. The van der Waals surface area contributed by atoms with Crippen LogP contribution in [0.1, 0.15) is 51.3 Å². The van der Waals surface area contributed by atoms with Gasteiger partial charge < -0.3 is 4.74 Å². The predicted octanol–water partition coefficient (Wildman–Crippen LogP) is 14.9. The lowest BCUT2D eigenvalue weighted by Gasteiger charge is -2.24. The summed E-state index contributed by atoms with van der Waals surface area (Å²) < 4.78 is 13.5. The molecule has 0 spiro atoms. The number of fused-ring (bicyclic) bond motifs is 14. The van der Waals surface area contributed by atoms with Crippen LogP contribution in [-0.4, -0.2) is 14.1 Å². The molecule has 0 radical (unpaired) electrons. The quantitative estimate of drug-likeness (QED) is 0.131. The van der Waals surface area contributed by atoms with Gasteiger partial charge in [-0.15, -0.1) is 0 Å². The van der Waals surface area contributed by atoms with E-state index in [4.69, 9.17) is 9.72 Å². The van der Waals surface area contributed by atoms with E-state index < -0.39 is 0 Å². The summed E-state index contributed by atoms with van der Waals surface area (Å²) in [6, 6.07) is 65.8. The first-order valence-electron chi connectivity index (χ1n) is 22.9. The van der Waals surface area contributed by atoms with Gasteiger partial charge in [-0.25, -0.2) is 4.98 Å². The summed E-state index contributed by atoms with van der Waals surface area (Å²) in [6.45, 7) is 11.4. The van der Waals surface area contributed by atoms with Gasteiger partial charge in [0.15, 0.2) is 0 Å². The molecule has 0 N–H and O–H groups in total. The van der Waals surface area contributed by atoms with Crippen molar-refractivity contribution in [3.05, 3.63) is 211 Å². The Morgan fingerprint density at radius 3 is 2.09 bits per heavy atom. The van der Waals surface area contributed by atoms with Gasteiger partial charge in [0.2, 0.25) is 0 Å². The van der Waals surface area contributed by atoms with Gasteiger partial charge in [0, 0.05) is 28.5 Å². The lowest BCUT2D eigenvalue weighted by Crippen LogP contribution is -2.30. The van der Waals surface area contributed by atoms with Crippen molar-refractivity contribution >= 4 is 32.8 Å². The van der Waals surface area contributed by atoms with Crippen LogP contribution in [0, 0.1) is 6.33 Å². The van der Waals surface area contributed by atoms with E-state index in [1.807, 2.05) is 12.3 Å². The Labute approximate surface area is 384 Å². The zero-order valence-corrected chi connectivity index (χ0v) is 37.6. The van der Waals surface area contributed by atoms with Gasteiger partial charge in [0.05, 0.1) is 33.4 Å². The first kappa shape index (κ1) is 38.4. The zero-order valence-electron chi connectivity index (χ0n) is 37.6. The second kappa shape index (κ2) is 14.0. The van der Waals surface area contributed by atoms with E-state index in [0.29, 0.717) is 0 Å². The summed E-state index contributed by atoms with van der Waals surface area (Å²) in [7, 11) is 0. The minimum absolute atomic E-state index is 0.0148. The Balaban J connectivity index is 0.967. The molecule has 0 saturated carbocycles. The van der Waals surface area contributed by atoms with E-state index in [2.05, 4.69) is 231 Å². The van der Waals surface area contributed by atoms with Crippen molar-refractivity contribution in [1.29, 1.82) is 0 Å². The summed E-state index contributed by atoms with van der Waals surface area (Å²) in [5, 5.41) is 2.33. The smallest absolute Gasteiger partial charge is 0.269 e. The third-order valence-electron chi connectivity index (χ3n) is 14.1. The van der Waals surface area contributed by atoms with Crippen LogP contribution in [-0.2, 0) is 10.8 Å². The molecular formula is C61H46N4O. The van der Waals surface area contributed by atoms with Crippen molar-refractivity contribution in [2.45, 2.75) is 45.4 Å².